The molecule has 0 bridgehead atoms. The lowest BCUT2D eigenvalue weighted by atomic mass is 10.3. The minimum atomic E-state index is 0.846. The van der Waals surface area contributed by atoms with Crippen molar-refractivity contribution in [3.05, 3.63) is 39.7 Å². The summed E-state index contributed by atoms with van der Waals surface area (Å²) in [7, 11) is 2.11. The van der Waals surface area contributed by atoms with Crippen LogP contribution < -0.4 is 10.2 Å². The van der Waals surface area contributed by atoms with Crippen LogP contribution in [0.2, 0.25) is 0 Å². The van der Waals surface area contributed by atoms with E-state index in [1.807, 2.05) is 0 Å². The fourth-order valence-corrected chi connectivity index (χ4v) is 3.73. The Hall–Kier alpha value is -1.37. The van der Waals surface area contributed by atoms with Crippen LogP contribution in [0.25, 0.3) is 4.96 Å². The Labute approximate surface area is 126 Å². The molecule has 0 unspecified atom stereocenters. The largest absolute Gasteiger partial charge is 0.353 e. The van der Waals surface area contributed by atoms with Gasteiger partial charge in [0, 0.05) is 30.0 Å². The molecule has 0 amide bonds. The van der Waals surface area contributed by atoms with Crippen molar-refractivity contribution in [3.63, 3.8) is 0 Å². The zero-order chi connectivity index (χ0) is 13.9. The summed E-state index contributed by atoms with van der Waals surface area (Å²) in [4.78, 5) is 9.43. The van der Waals surface area contributed by atoms with Gasteiger partial charge in [-0.15, -0.1) is 22.7 Å². The van der Waals surface area contributed by atoms with Gasteiger partial charge in [0.25, 0.3) is 0 Å². The third-order valence-corrected chi connectivity index (χ3v) is 4.83. The minimum Gasteiger partial charge on any atom is -0.353 e. The Bertz CT molecular complexity index is 669. The maximum absolute atomic E-state index is 4.78. The molecular weight excluding hydrogens is 288 g/mol. The molecule has 1 N–H and O–H groups in total. The van der Waals surface area contributed by atoms with Crippen molar-refractivity contribution >= 4 is 33.5 Å². The zero-order valence-electron chi connectivity index (χ0n) is 11.7. The summed E-state index contributed by atoms with van der Waals surface area (Å²) in [6.45, 7) is 4.84. The van der Waals surface area contributed by atoms with Crippen molar-refractivity contribution in [2.75, 3.05) is 18.5 Å². The third kappa shape index (κ3) is 2.59. The molecule has 3 rings (SSSR count). The second-order valence-electron chi connectivity index (χ2n) is 4.65. The van der Waals surface area contributed by atoms with E-state index >= 15 is 0 Å². The number of anilines is 1. The molecular formula is C14H18N4S2. The number of nitrogens with zero attached hydrogens (tertiary/aromatic N) is 3. The number of imidazole rings is 1. The van der Waals surface area contributed by atoms with Gasteiger partial charge in [-0.2, -0.15) is 0 Å². The van der Waals surface area contributed by atoms with Crippen molar-refractivity contribution in [2.45, 2.75) is 20.0 Å². The van der Waals surface area contributed by atoms with Gasteiger partial charge in [0.1, 0.15) is 0 Å². The van der Waals surface area contributed by atoms with Crippen LogP contribution >= 0.6 is 22.7 Å². The van der Waals surface area contributed by atoms with Gasteiger partial charge in [-0.25, -0.2) is 4.98 Å². The molecule has 0 aromatic carbocycles. The van der Waals surface area contributed by atoms with Gasteiger partial charge in [0.15, 0.2) is 10.8 Å². The minimum absolute atomic E-state index is 0.846. The van der Waals surface area contributed by atoms with E-state index in [4.69, 9.17) is 4.98 Å². The van der Waals surface area contributed by atoms with Crippen molar-refractivity contribution in [1.29, 1.82) is 0 Å². The highest BCUT2D eigenvalue weighted by atomic mass is 32.1. The molecule has 3 aromatic rings. The summed E-state index contributed by atoms with van der Waals surface area (Å²) >= 11 is 3.47. The van der Waals surface area contributed by atoms with Gasteiger partial charge in [-0.3, -0.25) is 4.40 Å². The van der Waals surface area contributed by atoms with Crippen LogP contribution in [0.15, 0.2) is 29.1 Å². The maximum atomic E-state index is 4.78. The van der Waals surface area contributed by atoms with Crippen molar-refractivity contribution in [3.8, 4) is 0 Å². The van der Waals surface area contributed by atoms with Crippen LogP contribution in [0.4, 0.5) is 5.82 Å². The standard InChI is InChI=1S/C14H18N4S2/c1-3-15-9-12-13(16-14-18(12)6-8-20-14)17(2)10-11-5-4-7-19-11/h4-8,15H,3,9-10H2,1-2H3. The Balaban J connectivity index is 1.90. The third-order valence-electron chi connectivity index (χ3n) is 3.22. The van der Waals surface area contributed by atoms with Crippen molar-refractivity contribution < 1.29 is 0 Å². The number of aromatic nitrogens is 2. The summed E-state index contributed by atoms with van der Waals surface area (Å²) in [6, 6.07) is 4.27. The van der Waals surface area contributed by atoms with Gasteiger partial charge in [0.2, 0.25) is 0 Å². The monoisotopic (exact) mass is 306 g/mol. The van der Waals surface area contributed by atoms with Crippen LogP contribution in [0.3, 0.4) is 0 Å². The number of nitrogens with one attached hydrogen (secondary N) is 1. The Kier molecular flexibility index (Phi) is 4.05. The molecule has 6 heteroatoms. The quantitative estimate of drug-likeness (QED) is 0.759. The molecule has 0 spiro atoms. The number of hydrogen-bond acceptors (Lipinski definition) is 5. The molecule has 0 fully saturated rings. The van der Waals surface area contributed by atoms with Gasteiger partial charge in [-0.05, 0) is 18.0 Å². The van der Waals surface area contributed by atoms with Crippen molar-refractivity contribution in [2.24, 2.45) is 0 Å². The van der Waals surface area contributed by atoms with E-state index in [1.54, 1.807) is 22.7 Å². The van der Waals surface area contributed by atoms with Gasteiger partial charge in [0.05, 0.1) is 12.2 Å². The highest BCUT2D eigenvalue weighted by molar-refractivity contribution is 7.15. The first-order chi connectivity index (χ1) is 9.79. The molecule has 0 radical (unpaired) electrons. The molecule has 106 valence electrons. The molecule has 0 aliphatic heterocycles. The van der Waals surface area contributed by atoms with Crippen LogP contribution in [-0.2, 0) is 13.1 Å². The number of rotatable bonds is 6. The first kappa shape index (κ1) is 13.6. The summed E-state index contributed by atoms with van der Waals surface area (Å²) in [5.74, 6) is 1.08. The van der Waals surface area contributed by atoms with Gasteiger partial charge in [-0.1, -0.05) is 13.0 Å². The van der Waals surface area contributed by atoms with Crippen LogP contribution in [0.5, 0.6) is 0 Å². The van der Waals surface area contributed by atoms with Crippen LogP contribution in [0.1, 0.15) is 17.5 Å². The zero-order valence-corrected chi connectivity index (χ0v) is 13.3. The smallest absolute Gasteiger partial charge is 0.195 e. The van der Waals surface area contributed by atoms with Gasteiger partial charge >= 0.3 is 0 Å². The highest BCUT2D eigenvalue weighted by Gasteiger charge is 2.16. The molecule has 20 heavy (non-hydrogen) atoms. The highest BCUT2D eigenvalue weighted by Crippen LogP contribution is 2.25. The Morgan fingerprint density at radius 3 is 3.00 bits per heavy atom. The summed E-state index contributed by atoms with van der Waals surface area (Å²) in [5, 5.41) is 7.61. The second-order valence-corrected chi connectivity index (χ2v) is 6.56. The molecule has 0 saturated heterocycles. The fourth-order valence-electron chi connectivity index (χ4n) is 2.25. The predicted molar refractivity (Wildman–Crippen MR) is 86.9 cm³/mol. The van der Waals surface area contributed by atoms with Crippen molar-refractivity contribution in [1.82, 2.24) is 14.7 Å². The summed E-state index contributed by atoms with van der Waals surface area (Å²) in [5.41, 5.74) is 1.24. The fraction of sp³-hybridized carbons (Fsp3) is 0.357. The molecule has 3 heterocycles. The van der Waals surface area contributed by atoms with E-state index in [0.717, 1.165) is 30.4 Å². The first-order valence-corrected chi connectivity index (χ1v) is 8.44. The molecule has 3 aromatic heterocycles. The lowest BCUT2D eigenvalue weighted by molar-refractivity contribution is 0.702. The number of hydrogen-bond donors (Lipinski definition) is 1. The van der Waals surface area contributed by atoms with E-state index in [9.17, 15) is 0 Å². The second kappa shape index (κ2) is 5.95. The molecule has 0 aliphatic rings. The lowest BCUT2D eigenvalue weighted by Gasteiger charge is -2.17. The van der Waals surface area contributed by atoms with E-state index in [1.165, 1.54) is 10.6 Å². The average molecular weight is 306 g/mol. The van der Waals surface area contributed by atoms with Gasteiger partial charge < -0.3 is 10.2 Å². The summed E-state index contributed by atoms with van der Waals surface area (Å²) < 4.78 is 2.19. The van der Waals surface area contributed by atoms with E-state index in [0.29, 0.717) is 0 Å². The molecule has 0 atom stereocenters. The van der Waals surface area contributed by atoms with E-state index in [2.05, 4.69) is 57.7 Å². The molecule has 4 nitrogen and oxygen atoms in total. The number of thiophene rings is 1. The van der Waals surface area contributed by atoms with E-state index < -0.39 is 0 Å². The summed E-state index contributed by atoms with van der Waals surface area (Å²) in [6.07, 6.45) is 2.10. The average Bonchev–Trinajstić information content (AvgIpc) is 3.12. The SMILES string of the molecule is CCNCc1c(N(C)Cc2cccs2)nc2sccn12. The first-order valence-electron chi connectivity index (χ1n) is 6.68. The van der Waals surface area contributed by atoms with E-state index in [-0.39, 0.29) is 0 Å². The normalized spacial score (nSPS) is 11.3. The van der Waals surface area contributed by atoms with Crippen LogP contribution in [-0.4, -0.2) is 23.0 Å². The van der Waals surface area contributed by atoms with Crippen LogP contribution in [0, 0.1) is 0 Å². The number of thiazole rings is 1. The molecule has 0 aliphatic carbocycles. The predicted octanol–water partition coefficient (Wildman–Crippen LogP) is 3.20. The molecule has 0 saturated carbocycles. The lowest BCUT2D eigenvalue weighted by Crippen LogP contribution is -2.20. The topological polar surface area (TPSA) is 32.6 Å². The Morgan fingerprint density at radius 2 is 2.25 bits per heavy atom. The Morgan fingerprint density at radius 1 is 1.35 bits per heavy atom. The maximum Gasteiger partial charge on any atom is 0.195 e. The number of fused-ring (bicyclic) bond motifs is 1.